The number of alkyl halides is 6. The number of hydrogen-bond donors (Lipinski definition) is 1. The van der Waals surface area contributed by atoms with E-state index in [1.807, 2.05) is 23.1 Å². The van der Waals surface area contributed by atoms with Gasteiger partial charge in [-0.2, -0.15) is 26.3 Å². The Morgan fingerprint density at radius 3 is 2.00 bits per heavy atom. The summed E-state index contributed by atoms with van der Waals surface area (Å²) >= 11 is 0. The monoisotopic (exact) mass is 447 g/mol. The van der Waals surface area contributed by atoms with Crippen LogP contribution in [0.5, 0.6) is 5.75 Å². The molecule has 1 fully saturated rings. The highest BCUT2D eigenvalue weighted by Crippen LogP contribution is 2.37. The maximum Gasteiger partial charge on any atom is 0.416 e. The minimum atomic E-state index is -4.98. The van der Waals surface area contributed by atoms with Gasteiger partial charge in [-0.25, -0.2) is 4.79 Å². The third-order valence-corrected chi connectivity index (χ3v) is 4.82. The molecule has 31 heavy (non-hydrogen) atoms. The summed E-state index contributed by atoms with van der Waals surface area (Å²) in [5.41, 5.74) is -2.66. The van der Waals surface area contributed by atoms with Crippen molar-refractivity contribution in [3.05, 3.63) is 53.6 Å². The SMILES string of the molecule is COc1cccc(N2CCN(C(=O)Nc3cc(C(F)(F)F)cc(C(F)(F)F)c3)CC2)c1. The van der Waals surface area contributed by atoms with Crippen LogP contribution in [0, 0.1) is 0 Å². The van der Waals surface area contributed by atoms with E-state index in [2.05, 4.69) is 5.32 Å². The van der Waals surface area contributed by atoms with E-state index in [9.17, 15) is 31.1 Å². The van der Waals surface area contributed by atoms with Gasteiger partial charge < -0.3 is 19.9 Å². The second kappa shape index (κ2) is 8.56. The number of halogens is 6. The summed E-state index contributed by atoms with van der Waals surface area (Å²) in [5, 5.41) is 2.16. The molecule has 1 heterocycles. The number of rotatable bonds is 3. The van der Waals surface area contributed by atoms with Gasteiger partial charge in [-0.15, -0.1) is 0 Å². The van der Waals surface area contributed by atoms with Crippen LogP contribution in [0.1, 0.15) is 11.1 Å². The normalized spacial score (nSPS) is 15.1. The van der Waals surface area contributed by atoms with E-state index in [0.717, 1.165) is 5.69 Å². The minimum Gasteiger partial charge on any atom is -0.497 e. The Kier molecular flexibility index (Phi) is 6.23. The van der Waals surface area contributed by atoms with Crippen molar-refractivity contribution < 1.29 is 35.9 Å². The molecule has 5 nitrogen and oxygen atoms in total. The molecule has 0 unspecified atom stereocenters. The van der Waals surface area contributed by atoms with Gasteiger partial charge in [0, 0.05) is 43.6 Å². The summed E-state index contributed by atoms with van der Waals surface area (Å²) in [6.45, 7) is 1.37. The van der Waals surface area contributed by atoms with Crippen LogP contribution in [-0.4, -0.2) is 44.2 Å². The fourth-order valence-corrected chi connectivity index (χ4v) is 3.20. The van der Waals surface area contributed by atoms with E-state index in [1.165, 1.54) is 4.90 Å². The zero-order chi connectivity index (χ0) is 22.8. The summed E-state index contributed by atoms with van der Waals surface area (Å²) < 4.78 is 83.1. The van der Waals surface area contributed by atoms with Crippen molar-refractivity contribution in [1.82, 2.24) is 4.90 Å². The summed E-state index contributed by atoms with van der Waals surface area (Å²) in [6, 6.07) is 7.53. The molecule has 0 aromatic heterocycles. The second-order valence-electron chi connectivity index (χ2n) is 6.90. The average molecular weight is 447 g/mol. The molecule has 2 aromatic carbocycles. The van der Waals surface area contributed by atoms with E-state index in [4.69, 9.17) is 4.74 Å². The van der Waals surface area contributed by atoms with Crippen LogP contribution >= 0.6 is 0 Å². The van der Waals surface area contributed by atoms with Crippen molar-refractivity contribution in [2.45, 2.75) is 12.4 Å². The number of benzene rings is 2. The zero-order valence-electron chi connectivity index (χ0n) is 16.3. The van der Waals surface area contributed by atoms with Gasteiger partial charge in [0.15, 0.2) is 0 Å². The fraction of sp³-hybridized carbons (Fsp3) is 0.350. The molecule has 0 aliphatic carbocycles. The van der Waals surface area contributed by atoms with E-state index in [-0.39, 0.29) is 19.2 Å². The largest absolute Gasteiger partial charge is 0.497 e. The predicted molar refractivity (Wildman–Crippen MR) is 102 cm³/mol. The highest BCUT2D eigenvalue weighted by molar-refractivity contribution is 5.89. The molecular weight excluding hydrogens is 428 g/mol. The molecule has 11 heteroatoms. The first kappa shape index (κ1) is 22.6. The van der Waals surface area contributed by atoms with Crippen molar-refractivity contribution in [2.75, 3.05) is 43.5 Å². The first-order valence-electron chi connectivity index (χ1n) is 9.22. The van der Waals surface area contributed by atoms with Crippen LogP contribution in [0.25, 0.3) is 0 Å². The maximum atomic E-state index is 13.0. The van der Waals surface area contributed by atoms with Crippen LogP contribution < -0.4 is 15.0 Å². The van der Waals surface area contributed by atoms with E-state index in [0.29, 0.717) is 31.0 Å². The number of carbonyl (C=O) groups excluding carboxylic acids is 1. The number of nitrogens with one attached hydrogen (secondary N) is 1. The third-order valence-electron chi connectivity index (χ3n) is 4.82. The predicted octanol–water partition coefficient (Wildman–Crippen LogP) is 5.09. The van der Waals surface area contributed by atoms with Crippen LogP contribution in [-0.2, 0) is 12.4 Å². The Morgan fingerprint density at radius 1 is 0.903 bits per heavy atom. The lowest BCUT2D eigenvalue weighted by atomic mass is 10.1. The van der Waals surface area contributed by atoms with E-state index >= 15 is 0 Å². The van der Waals surface area contributed by atoms with Crippen LogP contribution in [0.2, 0.25) is 0 Å². The summed E-state index contributed by atoms with van der Waals surface area (Å²) in [5.74, 6) is 0.669. The number of nitrogens with zero attached hydrogens (tertiary/aromatic N) is 2. The molecule has 0 radical (unpaired) electrons. The van der Waals surface area contributed by atoms with Gasteiger partial charge in [0.1, 0.15) is 5.75 Å². The Bertz CT molecular complexity index is 905. The van der Waals surface area contributed by atoms with Gasteiger partial charge in [0.2, 0.25) is 0 Å². The molecule has 0 atom stereocenters. The molecule has 0 bridgehead atoms. The Balaban J connectivity index is 1.69. The molecule has 3 rings (SSSR count). The number of methoxy groups -OCH3 is 1. The van der Waals surface area contributed by atoms with E-state index in [1.54, 1.807) is 13.2 Å². The zero-order valence-corrected chi connectivity index (χ0v) is 16.3. The quantitative estimate of drug-likeness (QED) is 0.667. The molecule has 168 valence electrons. The average Bonchev–Trinajstić information content (AvgIpc) is 2.72. The third kappa shape index (κ3) is 5.53. The number of carbonyl (C=O) groups is 1. The molecule has 2 aromatic rings. The van der Waals surface area contributed by atoms with Crippen molar-refractivity contribution in [3.63, 3.8) is 0 Å². The number of urea groups is 1. The molecule has 1 aliphatic rings. The second-order valence-corrected chi connectivity index (χ2v) is 6.90. The lowest BCUT2D eigenvalue weighted by molar-refractivity contribution is -0.143. The number of amides is 2. The molecule has 0 spiro atoms. The maximum absolute atomic E-state index is 13.0. The molecule has 2 amide bonds. The number of piperazine rings is 1. The first-order valence-corrected chi connectivity index (χ1v) is 9.22. The van der Waals surface area contributed by atoms with Gasteiger partial charge in [-0.05, 0) is 30.3 Å². The van der Waals surface area contributed by atoms with Crippen molar-refractivity contribution in [2.24, 2.45) is 0 Å². The highest BCUT2D eigenvalue weighted by Gasteiger charge is 2.37. The highest BCUT2D eigenvalue weighted by atomic mass is 19.4. The van der Waals surface area contributed by atoms with Crippen molar-refractivity contribution in [3.8, 4) is 5.75 Å². The van der Waals surface area contributed by atoms with Gasteiger partial charge in [0.05, 0.1) is 18.2 Å². The smallest absolute Gasteiger partial charge is 0.416 e. The van der Waals surface area contributed by atoms with Gasteiger partial charge in [0.25, 0.3) is 0 Å². The fourth-order valence-electron chi connectivity index (χ4n) is 3.20. The number of anilines is 2. The molecule has 0 saturated carbocycles. The Morgan fingerprint density at radius 2 is 1.48 bits per heavy atom. The first-order chi connectivity index (χ1) is 14.5. The lowest BCUT2D eigenvalue weighted by Crippen LogP contribution is -2.50. The Hall–Kier alpha value is -3.11. The number of ether oxygens (including phenoxy) is 1. The lowest BCUT2D eigenvalue weighted by Gasteiger charge is -2.36. The summed E-state index contributed by atoms with van der Waals surface area (Å²) in [7, 11) is 1.54. The van der Waals surface area contributed by atoms with Gasteiger partial charge in [-0.3, -0.25) is 0 Å². The van der Waals surface area contributed by atoms with Gasteiger partial charge >= 0.3 is 18.4 Å². The van der Waals surface area contributed by atoms with Crippen LogP contribution in [0.15, 0.2) is 42.5 Å². The van der Waals surface area contributed by atoms with Crippen molar-refractivity contribution >= 4 is 17.4 Å². The molecular formula is C20H19F6N3O2. The van der Waals surface area contributed by atoms with E-state index < -0.39 is 35.2 Å². The van der Waals surface area contributed by atoms with Crippen LogP contribution in [0.3, 0.4) is 0 Å². The molecule has 1 aliphatic heterocycles. The van der Waals surface area contributed by atoms with Crippen molar-refractivity contribution in [1.29, 1.82) is 0 Å². The van der Waals surface area contributed by atoms with Gasteiger partial charge in [-0.1, -0.05) is 6.07 Å². The molecule has 1 N–H and O–H groups in total. The minimum absolute atomic E-state index is 0.0164. The summed E-state index contributed by atoms with van der Waals surface area (Å²) in [4.78, 5) is 15.8. The topological polar surface area (TPSA) is 44.8 Å². The standard InChI is InChI=1S/C20H19F6N3O2/c1-31-17-4-2-3-16(12-17)28-5-7-29(8-6-28)18(30)27-15-10-13(19(21,22)23)9-14(11-15)20(24,25)26/h2-4,9-12H,5-8H2,1H3,(H,27,30). The summed E-state index contributed by atoms with van der Waals surface area (Å²) in [6.07, 6.45) is -9.97. The number of hydrogen-bond acceptors (Lipinski definition) is 3. The Labute approximate surface area is 174 Å². The van der Waals surface area contributed by atoms with Crippen LogP contribution in [0.4, 0.5) is 42.5 Å². The molecule has 1 saturated heterocycles.